The van der Waals surface area contributed by atoms with Crippen LogP contribution in [0, 0.1) is 5.82 Å². The van der Waals surface area contributed by atoms with Crippen molar-refractivity contribution in [2.24, 2.45) is 0 Å². The summed E-state index contributed by atoms with van der Waals surface area (Å²) in [5.41, 5.74) is -0.283. The molecule has 21 heavy (non-hydrogen) atoms. The van der Waals surface area contributed by atoms with E-state index in [1.807, 2.05) is 0 Å². The molecule has 118 valence electrons. The molecule has 8 heteroatoms. The zero-order valence-electron chi connectivity index (χ0n) is 12.0. The molecule has 1 aromatic carbocycles. The highest BCUT2D eigenvalue weighted by Gasteiger charge is 2.26. The van der Waals surface area contributed by atoms with Gasteiger partial charge in [0.25, 0.3) is 15.0 Å². The van der Waals surface area contributed by atoms with Gasteiger partial charge >= 0.3 is 0 Å². The third-order valence-corrected chi connectivity index (χ3v) is 4.36. The van der Waals surface area contributed by atoms with Crippen molar-refractivity contribution < 1.29 is 22.3 Å². The maximum Gasteiger partial charge on any atom is 0.262 e. The highest BCUT2D eigenvalue weighted by atomic mass is 35.7. The molecule has 1 rings (SSSR count). The molecule has 0 aliphatic heterocycles. The number of carbonyl (C=O) groups is 1. The Kier molecular flexibility index (Phi) is 6.12. The van der Waals surface area contributed by atoms with Crippen LogP contribution in [0.25, 0.3) is 0 Å². The molecule has 0 aromatic heterocycles. The minimum Gasteiger partial charge on any atom is -0.383 e. The van der Waals surface area contributed by atoms with Crippen molar-refractivity contribution in [1.29, 1.82) is 0 Å². The normalized spacial score (nSPS) is 13.0. The van der Waals surface area contributed by atoms with Gasteiger partial charge in [0, 0.05) is 24.3 Å². The Morgan fingerprint density at radius 1 is 1.48 bits per heavy atom. The summed E-state index contributed by atoms with van der Waals surface area (Å²) in [5, 5.41) is 0. The fourth-order valence-electron chi connectivity index (χ4n) is 2.02. The molecule has 0 fully saturated rings. The highest BCUT2D eigenvalue weighted by molar-refractivity contribution is 8.13. The van der Waals surface area contributed by atoms with Crippen LogP contribution in [-0.2, 0) is 13.8 Å². The maximum absolute atomic E-state index is 13.4. The molecule has 0 bridgehead atoms. The largest absolute Gasteiger partial charge is 0.383 e. The van der Waals surface area contributed by atoms with Crippen molar-refractivity contribution in [2.45, 2.75) is 24.8 Å². The van der Waals surface area contributed by atoms with Crippen LogP contribution < -0.4 is 0 Å². The second-order valence-corrected chi connectivity index (χ2v) is 7.01. The number of hydrogen-bond donors (Lipinski definition) is 0. The van der Waals surface area contributed by atoms with Crippen molar-refractivity contribution in [1.82, 2.24) is 4.90 Å². The number of halogens is 2. The van der Waals surface area contributed by atoms with E-state index >= 15 is 0 Å². The lowest BCUT2D eigenvalue weighted by atomic mass is 10.1. The summed E-state index contributed by atoms with van der Waals surface area (Å²) in [5.74, 6) is -1.32. The molecule has 0 aliphatic carbocycles. The van der Waals surface area contributed by atoms with Crippen LogP contribution in [-0.4, -0.2) is 45.5 Å². The number of carbonyl (C=O) groups excluding carboxylic acids is 1. The van der Waals surface area contributed by atoms with Gasteiger partial charge in [0.1, 0.15) is 5.82 Å². The van der Waals surface area contributed by atoms with Gasteiger partial charge in [0.05, 0.1) is 23.1 Å². The van der Waals surface area contributed by atoms with Crippen molar-refractivity contribution in [2.75, 3.05) is 20.3 Å². The average Bonchev–Trinajstić information content (AvgIpc) is 2.38. The summed E-state index contributed by atoms with van der Waals surface area (Å²) in [6.07, 6.45) is 0. The number of likely N-dealkylation sites (N-methyl/N-ethyl adjacent to an activating group) is 1. The molecule has 1 aromatic rings. The van der Waals surface area contributed by atoms with Gasteiger partial charge in [0.15, 0.2) is 0 Å². The fourth-order valence-corrected chi connectivity index (χ4v) is 3.07. The predicted octanol–water partition coefficient (Wildman–Crippen LogP) is 2.25. The summed E-state index contributed by atoms with van der Waals surface area (Å²) < 4.78 is 41.4. The lowest BCUT2D eigenvalue weighted by molar-refractivity contribution is 0.0575. The molecule has 0 heterocycles. The van der Waals surface area contributed by atoms with Crippen molar-refractivity contribution >= 4 is 25.6 Å². The van der Waals surface area contributed by atoms with Gasteiger partial charge in [-0.2, -0.15) is 0 Å². The number of amides is 1. The van der Waals surface area contributed by atoms with E-state index < -0.39 is 25.7 Å². The van der Waals surface area contributed by atoms with Gasteiger partial charge < -0.3 is 9.64 Å². The van der Waals surface area contributed by atoms with Crippen LogP contribution in [0.4, 0.5) is 4.39 Å². The van der Waals surface area contributed by atoms with Gasteiger partial charge in [-0.1, -0.05) is 0 Å². The first kappa shape index (κ1) is 17.9. The number of ether oxygens (including phenoxy) is 1. The molecule has 1 atom stereocenters. The minimum atomic E-state index is -4.15. The number of rotatable bonds is 6. The molecule has 5 nitrogen and oxygen atoms in total. The van der Waals surface area contributed by atoms with Gasteiger partial charge in [-0.15, -0.1) is 0 Å². The Morgan fingerprint density at radius 3 is 2.57 bits per heavy atom. The molecule has 0 spiro atoms. The second kappa shape index (κ2) is 7.20. The molecule has 0 saturated carbocycles. The Balaban J connectivity index is 3.31. The van der Waals surface area contributed by atoms with Crippen molar-refractivity contribution in [3.05, 3.63) is 29.6 Å². The highest BCUT2D eigenvalue weighted by Crippen LogP contribution is 2.23. The summed E-state index contributed by atoms with van der Waals surface area (Å²) in [6.45, 7) is 4.08. The fraction of sp³-hybridized carbons (Fsp3) is 0.462. The van der Waals surface area contributed by atoms with Gasteiger partial charge in [-0.25, -0.2) is 12.8 Å². The maximum atomic E-state index is 13.4. The summed E-state index contributed by atoms with van der Waals surface area (Å²) in [6, 6.07) is 2.52. The smallest absolute Gasteiger partial charge is 0.262 e. The third kappa shape index (κ3) is 4.39. The third-order valence-electron chi connectivity index (χ3n) is 2.98. The molecule has 0 N–H and O–H groups in total. The van der Waals surface area contributed by atoms with Crippen LogP contribution >= 0.6 is 10.7 Å². The predicted molar refractivity (Wildman–Crippen MR) is 77.5 cm³/mol. The molecule has 1 unspecified atom stereocenters. The van der Waals surface area contributed by atoms with Crippen LogP contribution in [0.2, 0.25) is 0 Å². The quantitative estimate of drug-likeness (QED) is 0.747. The average molecular weight is 338 g/mol. The Bertz CT molecular complexity index is 621. The van der Waals surface area contributed by atoms with E-state index in [1.54, 1.807) is 13.8 Å². The van der Waals surface area contributed by atoms with E-state index in [9.17, 15) is 17.6 Å². The first-order valence-corrected chi connectivity index (χ1v) is 8.57. The van der Waals surface area contributed by atoms with E-state index in [2.05, 4.69) is 0 Å². The van der Waals surface area contributed by atoms with Crippen molar-refractivity contribution in [3.63, 3.8) is 0 Å². The Labute approximate surface area is 128 Å². The monoisotopic (exact) mass is 337 g/mol. The SMILES string of the molecule is CCN(C(=O)c1cc(F)ccc1S(=O)(=O)Cl)C(C)COC. The lowest BCUT2D eigenvalue weighted by Crippen LogP contribution is -2.41. The first-order valence-electron chi connectivity index (χ1n) is 6.26. The molecule has 0 saturated heterocycles. The summed E-state index contributed by atoms with van der Waals surface area (Å²) in [4.78, 5) is 13.5. The topological polar surface area (TPSA) is 63.7 Å². The first-order chi connectivity index (χ1) is 9.72. The standard InChI is InChI=1S/C13H17ClFNO4S/c1-4-16(9(2)8-20-3)13(17)11-7-10(15)5-6-12(11)21(14,18)19/h5-7,9H,4,8H2,1-3H3. The van der Waals surface area contributed by atoms with Crippen molar-refractivity contribution in [3.8, 4) is 0 Å². The van der Waals surface area contributed by atoms with E-state index in [4.69, 9.17) is 15.4 Å². The second-order valence-electron chi connectivity index (χ2n) is 4.47. The summed E-state index contributed by atoms with van der Waals surface area (Å²) in [7, 11) is 2.65. The minimum absolute atomic E-state index is 0.276. The molecule has 0 radical (unpaired) electrons. The van der Waals surface area contributed by atoms with E-state index in [0.29, 0.717) is 6.54 Å². The van der Waals surface area contributed by atoms with Crippen LogP contribution in [0.1, 0.15) is 24.2 Å². The lowest BCUT2D eigenvalue weighted by Gasteiger charge is -2.28. The van der Waals surface area contributed by atoms with Crippen LogP contribution in [0.5, 0.6) is 0 Å². The molecular formula is C13H17ClFNO4S. The van der Waals surface area contributed by atoms with E-state index in [-0.39, 0.29) is 18.2 Å². The van der Waals surface area contributed by atoms with Crippen LogP contribution in [0.3, 0.4) is 0 Å². The molecular weight excluding hydrogens is 321 g/mol. The Hall–Kier alpha value is -1.18. The van der Waals surface area contributed by atoms with Gasteiger partial charge in [-0.3, -0.25) is 4.79 Å². The number of methoxy groups -OCH3 is 1. The summed E-state index contributed by atoms with van der Waals surface area (Å²) >= 11 is 0. The number of nitrogens with zero attached hydrogens (tertiary/aromatic N) is 1. The molecule has 1 amide bonds. The van der Waals surface area contributed by atoms with E-state index in [1.165, 1.54) is 12.0 Å². The zero-order valence-corrected chi connectivity index (χ0v) is 13.5. The van der Waals surface area contributed by atoms with Gasteiger partial charge in [0.2, 0.25) is 0 Å². The Morgan fingerprint density at radius 2 is 2.10 bits per heavy atom. The number of hydrogen-bond acceptors (Lipinski definition) is 4. The van der Waals surface area contributed by atoms with Gasteiger partial charge in [-0.05, 0) is 32.0 Å². The zero-order chi connectivity index (χ0) is 16.2. The van der Waals surface area contributed by atoms with Crippen LogP contribution in [0.15, 0.2) is 23.1 Å². The number of benzene rings is 1. The van der Waals surface area contributed by atoms with E-state index in [0.717, 1.165) is 18.2 Å². The molecule has 0 aliphatic rings.